The molecule has 0 radical (unpaired) electrons. The summed E-state index contributed by atoms with van der Waals surface area (Å²) in [7, 11) is 0. The fraction of sp³-hybridized carbons (Fsp3) is 0.250. The van der Waals surface area contributed by atoms with Gasteiger partial charge in [-0.1, -0.05) is 30.3 Å². The van der Waals surface area contributed by atoms with Gasteiger partial charge in [0.1, 0.15) is 17.5 Å². The molecule has 0 saturated heterocycles. The number of aryl methyl sites for hydroxylation is 2. The van der Waals surface area contributed by atoms with Crippen molar-refractivity contribution in [1.29, 1.82) is 0 Å². The summed E-state index contributed by atoms with van der Waals surface area (Å²) in [4.78, 5) is 18.0. The van der Waals surface area contributed by atoms with E-state index in [9.17, 15) is 9.18 Å². The van der Waals surface area contributed by atoms with Crippen molar-refractivity contribution in [2.24, 2.45) is 0 Å². The highest BCUT2D eigenvalue weighted by molar-refractivity contribution is 7.15. The summed E-state index contributed by atoms with van der Waals surface area (Å²) < 4.78 is 16.1. The van der Waals surface area contributed by atoms with E-state index in [1.807, 2.05) is 31.2 Å². The highest BCUT2D eigenvalue weighted by atomic mass is 32.1. The first kappa shape index (κ1) is 20.5. The average Bonchev–Trinajstić information content (AvgIpc) is 3.41. The third-order valence-corrected chi connectivity index (χ3v) is 6.76. The number of carbonyl (C=O) groups is 1. The van der Waals surface area contributed by atoms with E-state index in [4.69, 9.17) is 0 Å². The second kappa shape index (κ2) is 8.63. The van der Waals surface area contributed by atoms with Crippen molar-refractivity contribution in [3.63, 3.8) is 0 Å². The third kappa shape index (κ3) is 4.18. The fourth-order valence-corrected chi connectivity index (χ4v) is 4.94. The molecule has 1 N–H and O–H groups in total. The lowest BCUT2D eigenvalue weighted by Gasteiger charge is -2.24. The number of rotatable bonds is 5. The van der Waals surface area contributed by atoms with Crippen molar-refractivity contribution >= 4 is 22.4 Å². The maximum absolute atomic E-state index is 13.9. The lowest BCUT2D eigenvalue weighted by atomic mass is 9.90. The van der Waals surface area contributed by atoms with Gasteiger partial charge in [0.25, 0.3) is 5.91 Å². The normalized spacial score (nSPS) is 15.4. The van der Waals surface area contributed by atoms with Gasteiger partial charge in [0, 0.05) is 41.9 Å². The average molecular weight is 448 g/mol. The number of carbonyl (C=O) groups excluding carboxylic acids is 1. The Morgan fingerprint density at radius 2 is 2.09 bits per heavy atom. The molecule has 1 amide bonds. The molecule has 162 valence electrons. The number of benzene rings is 2. The van der Waals surface area contributed by atoms with E-state index in [0.29, 0.717) is 28.6 Å². The molecule has 1 atom stereocenters. The van der Waals surface area contributed by atoms with Crippen LogP contribution in [-0.2, 0) is 19.4 Å². The molecule has 2 aromatic carbocycles. The van der Waals surface area contributed by atoms with E-state index in [1.165, 1.54) is 17.4 Å². The zero-order valence-corrected chi connectivity index (χ0v) is 18.4. The Morgan fingerprint density at radius 3 is 2.97 bits per heavy atom. The van der Waals surface area contributed by atoms with E-state index in [1.54, 1.807) is 18.3 Å². The number of anilines is 1. The lowest BCUT2D eigenvalue weighted by molar-refractivity contribution is 0.102. The molecule has 1 aliphatic rings. The first-order valence-electron chi connectivity index (χ1n) is 10.5. The maximum Gasteiger partial charge on any atom is 0.257 e. The third-order valence-electron chi connectivity index (χ3n) is 5.85. The topological polar surface area (TPSA) is 72.7 Å². The van der Waals surface area contributed by atoms with Gasteiger partial charge in [-0.05, 0) is 42.7 Å². The first-order chi connectivity index (χ1) is 15.6. The van der Waals surface area contributed by atoms with Crippen molar-refractivity contribution < 1.29 is 9.18 Å². The highest BCUT2D eigenvalue weighted by Gasteiger charge is 2.23. The monoisotopic (exact) mass is 447 g/mol. The van der Waals surface area contributed by atoms with Crippen LogP contribution < -0.4 is 5.32 Å². The molecule has 5 rings (SSSR count). The standard InChI is InChI=1S/C24H22FN5OS/c1-15-28-29-22-10-9-19(14-30(15)22)16-6-4-7-18(11-16)23(31)27-24-26-13-20(32-24)12-17-5-2-3-8-21(17)25/h2-8,11,13,19H,9-10,12,14H2,1H3,(H,26,27,31)/t19-/m0/s1. The molecule has 0 unspecified atom stereocenters. The number of aromatic nitrogens is 4. The smallest absolute Gasteiger partial charge is 0.257 e. The minimum absolute atomic E-state index is 0.199. The Hall–Kier alpha value is -3.39. The van der Waals surface area contributed by atoms with E-state index in [2.05, 4.69) is 31.1 Å². The van der Waals surface area contributed by atoms with Crippen molar-refractivity contribution in [2.45, 2.75) is 38.6 Å². The number of nitrogens with zero attached hydrogens (tertiary/aromatic N) is 4. The van der Waals surface area contributed by atoms with Gasteiger partial charge in [0.05, 0.1) is 0 Å². The molecule has 2 aromatic heterocycles. The van der Waals surface area contributed by atoms with Crippen LogP contribution >= 0.6 is 11.3 Å². The van der Waals surface area contributed by atoms with Crippen LogP contribution in [0.3, 0.4) is 0 Å². The van der Waals surface area contributed by atoms with Gasteiger partial charge in [-0.3, -0.25) is 10.1 Å². The fourth-order valence-electron chi connectivity index (χ4n) is 4.11. The summed E-state index contributed by atoms with van der Waals surface area (Å²) in [6.07, 6.45) is 3.99. The Kier molecular flexibility index (Phi) is 5.53. The van der Waals surface area contributed by atoms with E-state index >= 15 is 0 Å². The van der Waals surface area contributed by atoms with Crippen molar-refractivity contribution in [3.05, 3.63) is 93.8 Å². The van der Waals surface area contributed by atoms with Crippen LogP contribution in [0.1, 0.15) is 50.3 Å². The molecule has 0 fully saturated rings. The second-order valence-corrected chi connectivity index (χ2v) is 9.10. The number of hydrogen-bond acceptors (Lipinski definition) is 5. The van der Waals surface area contributed by atoms with Gasteiger partial charge in [0.15, 0.2) is 5.13 Å². The zero-order valence-electron chi connectivity index (χ0n) is 17.6. The van der Waals surface area contributed by atoms with Gasteiger partial charge in [0.2, 0.25) is 0 Å². The number of halogens is 1. The first-order valence-corrected chi connectivity index (χ1v) is 11.4. The van der Waals surface area contributed by atoms with Gasteiger partial charge < -0.3 is 4.57 Å². The molecule has 0 bridgehead atoms. The van der Waals surface area contributed by atoms with Crippen LogP contribution in [0.25, 0.3) is 0 Å². The molecule has 0 aliphatic carbocycles. The Bertz CT molecular complexity index is 1280. The molecule has 4 aromatic rings. The van der Waals surface area contributed by atoms with Gasteiger partial charge >= 0.3 is 0 Å². The Balaban J connectivity index is 1.27. The molecule has 8 heteroatoms. The van der Waals surface area contributed by atoms with Crippen molar-refractivity contribution in [1.82, 2.24) is 19.7 Å². The number of thiazole rings is 1. The number of amides is 1. The summed E-state index contributed by atoms with van der Waals surface area (Å²) >= 11 is 1.36. The summed E-state index contributed by atoms with van der Waals surface area (Å²) in [6.45, 7) is 2.79. The van der Waals surface area contributed by atoms with Gasteiger partial charge in [-0.2, -0.15) is 0 Å². The minimum atomic E-state index is -0.236. The SMILES string of the molecule is Cc1nnc2n1C[C@@H](c1cccc(C(=O)Nc3ncc(Cc4ccccc4F)s3)c1)CC2. The van der Waals surface area contributed by atoms with Crippen molar-refractivity contribution in [3.8, 4) is 0 Å². The maximum atomic E-state index is 13.9. The molecular weight excluding hydrogens is 425 g/mol. The molecular formula is C24H22FN5OS. The number of nitrogens with one attached hydrogen (secondary N) is 1. The minimum Gasteiger partial charge on any atom is -0.315 e. The summed E-state index contributed by atoms with van der Waals surface area (Å²) in [5.74, 6) is 1.84. The van der Waals surface area contributed by atoms with Crippen molar-refractivity contribution in [2.75, 3.05) is 5.32 Å². The quantitative estimate of drug-likeness (QED) is 0.479. The number of fused-ring (bicyclic) bond motifs is 1. The Morgan fingerprint density at radius 1 is 1.22 bits per heavy atom. The van der Waals surface area contributed by atoms with Crippen LogP contribution in [0.5, 0.6) is 0 Å². The van der Waals surface area contributed by atoms with Crippen LogP contribution in [0.2, 0.25) is 0 Å². The zero-order chi connectivity index (χ0) is 22.1. The summed E-state index contributed by atoms with van der Waals surface area (Å²) in [5, 5.41) is 11.8. The molecule has 32 heavy (non-hydrogen) atoms. The molecule has 0 spiro atoms. The largest absolute Gasteiger partial charge is 0.315 e. The molecule has 0 saturated carbocycles. The van der Waals surface area contributed by atoms with Crippen LogP contribution in [0, 0.1) is 12.7 Å². The van der Waals surface area contributed by atoms with Crippen LogP contribution in [-0.4, -0.2) is 25.7 Å². The van der Waals surface area contributed by atoms with Gasteiger partial charge in [-0.25, -0.2) is 9.37 Å². The predicted octanol–water partition coefficient (Wildman–Crippen LogP) is 4.76. The lowest BCUT2D eigenvalue weighted by Crippen LogP contribution is -2.20. The second-order valence-electron chi connectivity index (χ2n) is 7.99. The Labute approximate surface area is 189 Å². The van der Waals surface area contributed by atoms with E-state index < -0.39 is 0 Å². The number of hydrogen-bond donors (Lipinski definition) is 1. The summed E-state index contributed by atoms with van der Waals surface area (Å²) in [5.41, 5.74) is 2.34. The van der Waals surface area contributed by atoms with E-state index in [0.717, 1.165) is 41.5 Å². The van der Waals surface area contributed by atoms with Crippen LogP contribution in [0.4, 0.5) is 9.52 Å². The summed E-state index contributed by atoms with van der Waals surface area (Å²) in [6, 6.07) is 14.5. The molecule has 1 aliphatic heterocycles. The predicted molar refractivity (Wildman–Crippen MR) is 122 cm³/mol. The van der Waals surface area contributed by atoms with Gasteiger partial charge in [-0.15, -0.1) is 21.5 Å². The van der Waals surface area contributed by atoms with E-state index in [-0.39, 0.29) is 11.7 Å². The van der Waals surface area contributed by atoms with Crippen LogP contribution in [0.15, 0.2) is 54.7 Å². The molecule has 3 heterocycles. The highest BCUT2D eigenvalue weighted by Crippen LogP contribution is 2.30. The molecule has 6 nitrogen and oxygen atoms in total.